The highest BCUT2D eigenvalue weighted by atomic mass is 15.0. The fourth-order valence-electron chi connectivity index (χ4n) is 2.58. The normalized spacial score (nSPS) is 17.7. The summed E-state index contributed by atoms with van der Waals surface area (Å²) in [5.41, 5.74) is 1.49. The third kappa shape index (κ3) is 3.72. The van der Waals surface area contributed by atoms with Gasteiger partial charge in [-0.2, -0.15) is 0 Å². The topological polar surface area (TPSA) is 24.9 Å². The molecule has 1 aliphatic rings. The van der Waals surface area contributed by atoms with Crippen molar-refractivity contribution in [3.05, 3.63) is 23.9 Å². The summed E-state index contributed by atoms with van der Waals surface area (Å²) in [5.74, 6) is 1.87. The zero-order valence-electron chi connectivity index (χ0n) is 12.0. The molecule has 1 aliphatic carbocycles. The zero-order chi connectivity index (χ0) is 13.0. The van der Waals surface area contributed by atoms with Crippen molar-refractivity contribution >= 4 is 5.82 Å². The maximum absolute atomic E-state index is 4.52. The van der Waals surface area contributed by atoms with Gasteiger partial charge in [-0.05, 0) is 35.8 Å². The first-order valence-corrected chi connectivity index (χ1v) is 7.26. The van der Waals surface area contributed by atoms with Crippen molar-refractivity contribution in [2.45, 2.75) is 58.3 Å². The molecule has 0 bridgehead atoms. The highest BCUT2D eigenvalue weighted by molar-refractivity contribution is 5.37. The second kappa shape index (κ2) is 5.73. The van der Waals surface area contributed by atoms with Crippen molar-refractivity contribution in [1.29, 1.82) is 0 Å². The van der Waals surface area contributed by atoms with E-state index in [1.165, 1.54) is 37.7 Å². The molecule has 0 aromatic carbocycles. The van der Waals surface area contributed by atoms with Crippen LogP contribution in [0.5, 0.6) is 0 Å². The van der Waals surface area contributed by atoms with Crippen LogP contribution in [0.15, 0.2) is 18.3 Å². The van der Waals surface area contributed by atoms with Crippen LogP contribution in [-0.2, 0) is 5.41 Å². The van der Waals surface area contributed by atoms with Gasteiger partial charge in [-0.15, -0.1) is 0 Å². The molecule has 0 aliphatic heterocycles. The van der Waals surface area contributed by atoms with Gasteiger partial charge in [0.2, 0.25) is 0 Å². The van der Waals surface area contributed by atoms with Gasteiger partial charge in [0.25, 0.3) is 0 Å². The van der Waals surface area contributed by atoms with E-state index in [0.29, 0.717) is 0 Å². The first-order valence-electron chi connectivity index (χ1n) is 7.26. The highest BCUT2D eigenvalue weighted by Crippen LogP contribution is 2.24. The van der Waals surface area contributed by atoms with Gasteiger partial charge in [0.1, 0.15) is 5.82 Å². The van der Waals surface area contributed by atoms with Gasteiger partial charge in [-0.1, -0.05) is 46.1 Å². The van der Waals surface area contributed by atoms with E-state index in [9.17, 15) is 0 Å². The maximum Gasteiger partial charge on any atom is 0.125 e. The van der Waals surface area contributed by atoms with E-state index >= 15 is 0 Å². The molecular weight excluding hydrogens is 220 g/mol. The molecule has 0 spiro atoms. The van der Waals surface area contributed by atoms with Gasteiger partial charge >= 0.3 is 0 Å². The van der Waals surface area contributed by atoms with E-state index in [1.807, 2.05) is 6.20 Å². The van der Waals surface area contributed by atoms with Crippen molar-refractivity contribution in [2.75, 3.05) is 11.9 Å². The molecule has 0 amide bonds. The molecule has 2 nitrogen and oxygen atoms in total. The number of rotatable bonds is 3. The summed E-state index contributed by atoms with van der Waals surface area (Å²) < 4.78 is 0. The first kappa shape index (κ1) is 13.4. The Morgan fingerprint density at radius 3 is 2.44 bits per heavy atom. The van der Waals surface area contributed by atoms with Crippen LogP contribution in [0.1, 0.15) is 58.4 Å². The molecule has 0 radical (unpaired) electrons. The van der Waals surface area contributed by atoms with E-state index in [4.69, 9.17) is 0 Å². The Labute approximate surface area is 111 Å². The molecule has 2 rings (SSSR count). The molecule has 18 heavy (non-hydrogen) atoms. The number of nitrogens with zero attached hydrogens (tertiary/aromatic N) is 1. The molecule has 1 fully saturated rings. The Balaban J connectivity index is 1.86. The van der Waals surface area contributed by atoms with Gasteiger partial charge in [-0.25, -0.2) is 4.98 Å². The van der Waals surface area contributed by atoms with Crippen LogP contribution < -0.4 is 5.32 Å². The Kier molecular flexibility index (Phi) is 4.26. The van der Waals surface area contributed by atoms with Crippen LogP contribution in [-0.4, -0.2) is 11.5 Å². The number of pyridine rings is 1. The number of hydrogen-bond acceptors (Lipinski definition) is 2. The van der Waals surface area contributed by atoms with Gasteiger partial charge in [0, 0.05) is 12.7 Å². The van der Waals surface area contributed by atoms with E-state index < -0.39 is 0 Å². The SMILES string of the molecule is CC(C)(C)c1ccc(NCC2CCCCC2)nc1. The second-order valence-electron chi connectivity index (χ2n) is 6.57. The second-order valence-corrected chi connectivity index (χ2v) is 6.57. The van der Waals surface area contributed by atoms with Crippen molar-refractivity contribution < 1.29 is 0 Å². The molecule has 1 aromatic rings. The Bertz CT molecular complexity index is 356. The minimum Gasteiger partial charge on any atom is -0.370 e. The van der Waals surface area contributed by atoms with Crippen LogP contribution in [0.4, 0.5) is 5.82 Å². The first-order chi connectivity index (χ1) is 8.55. The predicted molar refractivity (Wildman–Crippen MR) is 78.0 cm³/mol. The molecule has 1 aromatic heterocycles. The molecule has 1 N–H and O–H groups in total. The Morgan fingerprint density at radius 1 is 1.17 bits per heavy atom. The molecule has 0 saturated heterocycles. The fourth-order valence-corrected chi connectivity index (χ4v) is 2.58. The minimum atomic E-state index is 0.189. The van der Waals surface area contributed by atoms with E-state index in [-0.39, 0.29) is 5.41 Å². The number of nitrogens with one attached hydrogen (secondary N) is 1. The summed E-state index contributed by atoms with van der Waals surface area (Å²) in [6.07, 6.45) is 9.00. The van der Waals surface area contributed by atoms with Crippen LogP contribution in [0.2, 0.25) is 0 Å². The smallest absolute Gasteiger partial charge is 0.125 e. The van der Waals surface area contributed by atoms with Crippen LogP contribution in [0.3, 0.4) is 0 Å². The molecule has 2 heteroatoms. The summed E-state index contributed by atoms with van der Waals surface area (Å²) in [5, 5.41) is 3.48. The van der Waals surface area contributed by atoms with Gasteiger partial charge in [0.15, 0.2) is 0 Å². The molecule has 1 saturated carbocycles. The van der Waals surface area contributed by atoms with Crippen molar-refractivity contribution in [2.24, 2.45) is 5.92 Å². The minimum absolute atomic E-state index is 0.189. The standard InChI is InChI=1S/C16H26N2/c1-16(2,3)14-9-10-15(18-12-14)17-11-13-7-5-4-6-8-13/h9-10,12-13H,4-8,11H2,1-3H3,(H,17,18). The largest absolute Gasteiger partial charge is 0.370 e. The molecule has 0 unspecified atom stereocenters. The number of hydrogen-bond donors (Lipinski definition) is 1. The molecule has 1 heterocycles. The van der Waals surface area contributed by atoms with E-state index in [0.717, 1.165) is 18.3 Å². The van der Waals surface area contributed by atoms with Gasteiger partial charge in [0.05, 0.1) is 0 Å². The quantitative estimate of drug-likeness (QED) is 0.856. The third-order valence-corrected chi connectivity index (χ3v) is 3.93. The fraction of sp³-hybridized carbons (Fsp3) is 0.688. The maximum atomic E-state index is 4.52. The average molecular weight is 246 g/mol. The van der Waals surface area contributed by atoms with E-state index in [2.05, 4.69) is 43.2 Å². The van der Waals surface area contributed by atoms with Crippen LogP contribution in [0.25, 0.3) is 0 Å². The van der Waals surface area contributed by atoms with Gasteiger partial charge in [-0.3, -0.25) is 0 Å². The summed E-state index contributed by atoms with van der Waals surface area (Å²) in [6, 6.07) is 4.31. The summed E-state index contributed by atoms with van der Waals surface area (Å²) >= 11 is 0. The lowest BCUT2D eigenvalue weighted by molar-refractivity contribution is 0.373. The summed E-state index contributed by atoms with van der Waals surface area (Å²) in [4.78, 5) is 4.52. The Morgan fingerprint density at radius 2 is 1.89 bits per heavy atom. The highest BCUT2D eigenvalue weighted by Gasteiger charge is 2.15. The van der Waals surface area contributed by atoms with E-state index in [1.54, 1.807) is 0 Å². The lowest BCUT2D eigenvalue weighted by Crippen LogP contribution is -2.18. The monoisotopic (exact) mass is 246 g/mol. The van der Waals surface area contributed by atoms with Crippen molar-refractivity contribution in [3.8, 4) is 0 Å². The predicted octanol–water partition coefficient (Wildman–Crippen LogP) is 4.37. The summed E-state index contributed by atoms with van der Waals surface area (Å²) in [6.45, 7) is 7.75. The lowest BCUT2D eigenvalue weighted by Gasteiger charge is -2.22. The van der Waals surface area contributed by atoms with Crippen LogP contribution >= 0.6 is 0 Å². The average Bonchev–Trinajstić information content (AvgIpc) is 2.37. The summed E-state index contributed by atoms with van der Waals surface area (Å²) in [7, 11) is 0. The third-order valence-electron chi connectivity index (χ3n) is 3.93. The zero-order valence-corrected chi connectivity index (χ0v) is 12.0. The van der Waals surface area contributed by atoms with Crippen molar-refractivity contribution in [1.82, 2.24) is 4.98 Å². The Hall–Kier alpha value is -1.05. The molecular formula is C16H26N2. The molecule has 100 valence electrons. The number of anilines is 1. The van der Waals surface area contributed by atoms with Crippen LogP contribution in [0, 0.1) is 5.92 Å². The molecule has 0 atom stereocenters. The van der Waals surface area contributed by atoms with Gasteiger partial charge < -0.3 is 5.32 Å². The lowest BCUT2D eigenvalue weighted by atomic mass is 9.88. The number of aromatic nitrogens is 1. The van der Waals surface area contributed by atoms with Crippen molar-refractivity contribution in [3.63, 3.8) is 0 Å².